The van der Waals surface area contributed by atoms with Crippen LogP contribution < -0.4 is 0 Å². The molecular formula is C10H12O2S2. The van der Waals surface area contributed by atoms with Crippen LogP contribution in [0.15, 0.2) is 29.2 Å². The van der Waals surface area contributed by atoms with E-state index in [0.29, 0.717) is 5.56 Å². The fourth-order valence-electron chi connectivity index (χ4n) is 0.969. The number of carbonyl (C=O) groups excluding carboxylic acids is 1. The van der Waals surface area contributed by atoms with Crippen LogP contribution in [-0.2, 0) is 4.74 Å². The first-order chi connectivity index (χ1) is 6.77. The summed E-state index contributed by atoms with van der Waals surface area (Å²) >= 11 is 5.84. The molecule has 1 rings (SSSR count). The van der Waals surface area contributed by atoms with Crippen LogP contribution in [0.25, 0.3) is 0 Å². The largest absolute Gasteiger partial charge is 0.465 e. The predicted octanol–water partition coefficient (Wildman–Crippen LogP) is 2.50. The Morgan fingerprint density at radius 2 is 2.07 bits per heavy atom. The summed E-state index contributed by atoms with van der Waals surface area (Å²) in [4.78, 5) is 12.2. The van der Waals surface area contributed by atoms with E-state index in [1.807, 2.05) is 12.1 Å². The summed E-state index contributed by atoms with van der Waals surface area (Å²) < 4.78 is 4.60. The highest BCUT2D eigenvalue weighted by atomic mass is 32.2. The normalized spacial score (nSPS) is 9.86. The average Bonchev–Trinajstić information content (AvgIpc) is 2.26. The van der Waals surface area contributed by atoms with Gasteiger partial charge in [-0.2, -0.15) is 12.6 Å². The van der Waals surface area contributed by atoms with E-state index < -0.39 is 0 Å². The predicted molar refractivity (Wildman–Crippen MR) is 62.4 cm³/mol. The lowest BCUT2D eigenvalue weighted by Crippen LogP contribution is -2.00. The molecule has 0 heterocycles. The highest BCUT2D eigenvalue weighted by Gasteiger charge is 2.03. The van der Waals surface area contributed by atoms with Crippen LogP contribution >= 0.6 is 24.4 Å². The minimum atomic E-state index is -0.296. The van der Waals surface area contributed by atoms with E-state index in [0.717, 1.165) is 16.4 Å². The lowest BCUT2D eigenvalue weighted by molar-refractivity contribution is 0.0600. The molecule has 0 aliphatic carbocycles. The smallest absolute Gasteiger partial charge is 0.337 e. The monoisotopic (exact) mass is 228 g/mol. The minimum Gasteiger partial charge on any atom is -0.465 e. The van der Waals surface area contributed by atoms with Gasteiger partial charge in [0.15, 0.2) is 0 Å². The topological polar surface area (TPSA) is 26.3 Å². The van der Waals surface area contributed by atoms with Gasteiger partial charge in [0.2, 0.25) is 0 Å². The van der Waals surface area contributed by atoms with Crippen molar-refractivity contribution >= 4 is 30.4 Å². The number of carbonyl (C=O) groups is 1. The SMILES string of the molecule is COC(=O)c1ccc(SCCS)cc1. The molecule has 0 aliphatic rings. The van der Waals surface area contributed by atoms with E-state index in [9.17, 15) is 4.79 Å². The summed E-state index contributed by atoms with van der Waals surface area (Å²) in [5.74, 6) is 1.53. The molecule has 4 heteroatoms. The molecule has 0 bridgehead atoms. The van der Waals surface area contributed by atoms with Crippen LogP contribution in [0, 0.1) is 0 Å². The fourth-order valence-corrected chi connectivity index (χ4v) is 1.90. The summed E-state index contributed by atoms with van der Waals surface area (Å²) in [5, 5.41) is 0. The highest BCUT2D eigenvalue weighted by Crippen LogP contribution is 2.18. The maximum absolute atomic E-state index is 11.1. The van der Waals surface area contributed by atoms with Crippen LogP contribution in [-0.4, -0.2) is 24.6 Å². The van der Waals surface area contributed by atoms with Crippen LogP contribution in [0.3, 0.4) is 0 Å². The Morgan fingerprint density at radius 1 is 1.43 bits per heavy atom. The summed E-state index contributed by atoms with van der Waals surface area (Å²) in [6.07, 6.45) is 0. The third-order valence-electron chi connectivity index (χ3n) is 1.64. The van der Waals surface area contributed by atoms with Crippen LogP contribution in [0.5, 0.6) is 0 Å². The minimum absolute atomic E-state index is 0.296. The van der Waals surface area contributed by atoms with Crippen molar-refractivity contribution in [3.8, 4) is 0 Å². The van der Waals surface area contributed by atoms with Crippen molar-refractivity contribution in [2.75, 3.05) is 18.6 Å². The molecule has 0 atom stereocenters. The fraction of sp³-hybridized carbons (Fsp3) is 0.300. The Kier molecular flexibility index (Phi) is 4.90. The second-order valence-electron chi connectivity index (χ2n) is 2.59. The second kappa shape index (κ2) is 5.98. The van der Waals surface area contributed by atoms with E-state index in [1.165, 1.54) is 7.11 Å². The van der Waals surface area contributed by atoms with Gasteiger partial charge in [-0.3, -0.25) is 0 Å². The van der Waals surface area contributed by atoms with Crippen molar-refractivity contribution in [3.05, 3.63) is 29.8 Å². The van der Waals surface area contributed by atoms with E-state index in [1.54, 1.807) is 23.9 Å². The van der Waals surface area contributed by atoms with Gasteiger partial charge in [0.25, 0.3) is 0 Å². The second-order valence-corrected chi connectivity index (χ2v) is 4.20. The first-order valence-electron chi connectivity index (χ1n) is 4.20. The molecule has 1 aromatic rings. The molecule has 0 radical (unpaired) electrons. The van der Waals surface area contributed by atoms with E-state index >= 15 is 0 Å². The Balaban J connectivity index is 2.63. The molecule has 0 amide bonds. The molecule has 0 saturated heterocycles. The van der Waals surface area contributed by atoms with Crippen LogP contribution in [0.1, 0.15) is 10.4 Å². The van der Waals surface area contributed by atoms with Gasteiger partial charge in [-0.15, -0.1) is 11.8 Å². The van der Waals surface area contributed by atoms with Gasteiger partial charge in [0, 0.05) is 10.6 Å². The van der Waals surface area contributed by atoms with Gasteiger partial charge >= 0.3 is 5.97 Å². The van der Waals surface area contributed by atoms with E-state index in [2.05, 4.69) is 17.4 Å². The molecule has 2 nitrogen and oxygen atoms in total. The number of hydrogen-bond donors (Lipinski definition) is 1. The van der Waals surface area contributed by atoms with Gasteiger partial charge < -0.3 is 4.74 Å². The standard InChI is InChI=1S/C10H12O2S2/c1-12-10(11)8-2-4-9(5-3-8)14-7-6-13/h2-5,13H,6-7H2,1H3. The molecule has 76 valence electrons. The van der Waals surface area contributed by atoms with Crippen LogP contribution in [0.2, 0.25) is 0 Å². The summed E-state index contributed by atoms with van der Waals surface area (Å²) in [6, 6.07) is 7.38. The molecule has 0 aromatic heterocycles. The van der Waals surface area contributed by atoms with Gasteiger partial charge in [-0.25, -0.2) is 4.79 Å². The molecule has 0 N–H and O–H groups in total. The van der Waals surface area contributed by atoms with Crippen molar-refractivity contribution in [2.45, 2.75) is 4.90 Å². The van der Waals surface area contributed by atoms with Crippen molar-refractivity contribution in [1.82, 2.24) is 0 Å². The molecule has 0 saturated carbocycles. The molecule has 0 fully saturated rings. The number of benzene rings is 1. The summed E-state index contributed by atoms with van der Waals surface area (Å²) in [6.45, 7) is 0. The molecular weight excluding hydrogens is 216 g/mol. The number of rotatable bonds is 4. The van der Waals surface area contributed by atoms with Crippen molar-refractivity contribution in [1.29, 1.82) is 0 Å². The van der Waals surface area contributed by atoms with E-state index in [4.69, 9.17) is 0 Å². The number of methoxy groups -OCH3 is 1. The third kappa shape index (κ3) is 3.27. The summed E-state index contributed by atoms with van der Waals surface area (Å²) in [5.41, 5.74) is 0.586. The van der Waals surface area contributed by atoms with Crippen molar-refractivity contribution in [2.24, 2.45) is 0 Å². The average molecular weight is 228 g/mol. The van der Waals surface area contributed by atoms with Gasteiger partial charge in [0.1, 0.15) is 0 Å². The Hall–Kier alpha value is -0.610. The lowest BCUT2D eigenvalue weighted by Gasteiger charge is -2.01. The number of ether oxygens (including phenoxy) is 1. The zero-order valence-electron chi connectivity index (χ0n) is 7.90. The van der Waals surface area contributed by atoms with Crippen molar-refractivity contribution < 1.29 is 9.53 Å². The number of thiol groups is 1. The van der Waals surface area contributed by atoms with Gasteiger partial charge in [-0.1, -0.05) is 0 Å². The summed E-state index contributed by atoms with van der Waals surface area (Å²) in [7, 11) is 1.38. The lowest BCUT2D eigenvalue weighted by atomic mass is 10.2. The Morgan fingerprint density at radius 3 is 2.57 bits per heavy atom. The number of esters is 1. The van der Waals surface area contributed by atoms with Gasteiger partial charge in [-0.05, 0) is 30.0 Å². The first kappa shape index (κ1) is 11.5. The number of thioether (sulfide) groups is 1. The Bertz CT molecular complexity index is 295. The molecule has 1 aromatic carbocycles. The molecule has 14 heavy (non-hydrogen) atoms. The maximum Gasteiger partial charge on any atom is 0.337 e. The quantitative estimate of drug-likeness (QED) is 0.487. The third-order valence-corrected chi connectivity index (χ3v) is 3.18. The zero-order chi connectivity index (χ0) is 10.4. The molecule has 0 spiro atoms. The van der Waals surface area contributed by atoms with Gasteiger partial charge in [0.05, 0.1) is 12.7 Å². The molecule has 0 aliphatic heterocycles. The zero-order valence-corrected chi connectivity index (χ0v) is 9.61. The first-order valence-corrected chi connectivity index (χ1v) is 5.81. The number of hydrogen-bond acceptors (Lipinski definition) is 4. The Labute approximate surface area is 93.4 Å². The highest BCUT2D eigenvalue weighted by molar-refractivity contribution is 8.00. The van der Waals surface area contributed by atoms with Crippen LogP contribution in [0.4, 0.5) is 0 Å². The van der Waals surface area contributed by atoms with Crippen molar-refractivity contribution in [3.63, 3.8) is 0 Å². The van der Waals surface area contributed by atoms with E-state index in [-0.39, 0.29) is 5.97 Å². The maximum atomic E-state index is 11.1. The molecule has 0 unspecified atom stereocenters.